The quantitative estimate of drug-likeness (QED) is 0.591. The molecule has 0 spiro atoms. The molecule has 96 valence electrons. The van der Waals surface area contributed by atoms with Gasteiger partial charge in [-0.15, -0.1) is 11.3 Å². The number of thiophene rings is 1. The topological polar surface area (TPSA) is 41.6 Å². The lowest BCUT2D eigenvalue weighted by atomic mass is 10.1. The summed E-state index contributed by atoms with van der Waals surface area (Å²) in [6.45, 7) is 0. The summed E-state index contributed by atoms with van der Waals surface area (Å²) in [5.41, 5.74) is 1.03. The van der Waals surface area contributed by atoms with Crippen molar-refractivity contribution in [3.63, 3.8) is 0 Å². The molecule has 4 heteroatoms. The molecule has 0 amide bonds. The monoisotopic (exact) mass is 277 g/mol. The molecule has 4 rings (SSSR count). The van der Waals surface area contributed by atoms with Crippen LogP contribution in [-0.2, 0) is 0 Å². The zero-order valence-corrected chi connectivity index (χ0v) is 11.4. The Morgan fingerprint density at radius 3 is 2.65 bits per heavy atom. The van der Waals surface area contributed by atoms with Gasteiger partial charge < -0.3 is 0 Å². The maximum Gasteiger partial charge on any atom is 0.181 e. The second-order valence-corrected chi connectivity index (χ2v) is 5.49. The first kappa shape index (κ1) is 11.4. The van der Waals surface area contributed by atoms with Gasteiger partial charge in [-0.2, -0.15) is 5.10 Å². The molecule has 1 N–H and O–H groups in total. The second kappa shape index (κ2) is 4.58. The minimum Gasteiger partial charge on any atom is -0.258 e. The molecule has 0 aliphatic carbocycles. The number of aromatic amines is 1. The third-order valence-electron chi connectivity index (χ3n) is 3.25. The van der Waals surface area contributed by atoms with E-state index in [1.165, 1.54) is 10.8 Å². The first-order valence-electron chi connectivity index (χ1n) is 6.35. The molecule has 0 fully saturated rings. The minimum atomic E-state index is 0.735. The van der Waals surface area contributed by atoms with Crippen LogP contribution in [0.3, 0.4) is 0 Å². The average Bonchev–Trinajstić information content (AvgIpc) is 3.17. The van der Waals surface area contributed by atoms with E-state index >= 15 is 0 Å². The van der Waals surface area contributed by atoms with E-state index in [0.29, 0.717) is 0 Å². The molecule has 0 saturated heterocycles. The number of hydrogen-bond donors (Lipinski definition) is 1. The Morgan fingerprint density at radius 2 is 1.80 bits per heavy atom. The van der Waals surface area contributed by atoms with Crippen LogP contribution in [0.15, 0.2) is 60.0 Å². The Balaban J connectivity index is 1.79. The first-order chi connectivity index (χ1) is 9.90. The van der Waals surface area contributed by atoms with Crippen molar-refractivity contribution < 1.29 is 0 Å². The summed E-state index contributed by atoms with van der Waals surface area (Å²) >= 11 is 1.65. The van der Waals surface area contributed by atoms with Gasteiger partial charge in [0.05, 0.1) is 4.88 Å². The fourth-order valence-electron chi connectivity index (χ4n) is 2.24. The van der Waals surface area contributed by atoms with Crippen molar-refractivity contribution in [2.24, 2.45) is 0 Å². The van der Waals surface area contributed by atoms with Crippen LogP contribution in [0.4, 0.5) is 0 Å². The van der Waals surface area contributed by atoms with E-state index in [1.807, 2.05) is 29.6 Å². The van der Waals surface area contributed by atoms with Crippen LogP contribution in [0.2, 0.25) is 0 Å². The standard InChI is InChI=1S/C16H11N3S/c1-2-5-12-10-13(8-7-11(12)4-1)15-17-16(19-18-15)14-6-3-9-20-14/h1-10H,(H,17,18,19). The smallest absolute Gasteiger partial charge is 0.181 e. The summed E-state index contributed by atoms with van der Waals surface area (Å²) in [6.07, 6.45) is 0. The summed E-state index contributed by atoms with van der Waals surface area (Å²) in [6, 6.07) is 18.6. The highest BCUT2D eigenvalue weighted by Crippen LogP contribution is 2.25. The molecule has 0 saturated carbocycles. The zero-order valence-electron chi connectivity index (χ0n) is 10.6. The molecule has 2 aromatic carbocycles. The summed E-state index contributed by atoms with van der Waals surface area (Å²) < 4.78 is 0. The molecule has 0 aliphatic rings. The van der Waals surface area contributed by atoms with Crippen molar-refractivity contribution in [1.82, 2.24) is 15.2 Å². The summed E-state index contributed by atoms with van der Waals surface area (Å²) in [4.78, 5) is 5.67. The maximum atomic E-state index is 4.57. The molecule has 2 aromatic heterocycles. The number of nitrogens with zero attached hydrogens (tertiary/aromatic N) is 2. The Kier molecular flexibility index (Phi) is 2.60. The van der Waals surface area contributed by atoms with Crippen LogP contribution in [0, 0.1) is 0 Å². The lowest BCUT2D eigenvalue weighted by molar-refractivity contribution is 1.10. The predicted molar refractivity (Wildman–Crippen MR) is 82.6 cm³/mol. The van der Waals surface area contributed by atoms with Crippen molar-refractivity contribution >= 4 is 22.1 Å². The van der Waals surface area contributed by atoms with Crippen LogP contribution in [0.25, 0.3) is 32.9 Å². The molecule has 0 aliphatic heterocycles. The number of benzene rings is 2. The SMILES string of the molecule is c1csc(-c2nc(-c3ccc4ccccc4c3)n[nH]2)c1. The molecule has 0 unspecified atom stereocenters. The fraction of sp³-hybridized carbons (Fsp3) is 0. The third-order valence-corrected chi connectivity index (χ3v) is 4.12. The summed E-state index contributed by atoms with van der Waals surface area (Å²) in [5.74, 6) is 1.56. The number of rotatable bonds is 2. The average molecular weight is 277 g/mol. The van der Waals surface area contributed by atoms with Crippen LogP contribution >= 0.6 is 11.3 Å². The highest BCUT2D eigenvalue weighted by molar-refractivity contribution is 7.13. The van der Waals surface area contributed by atoms with Crippen molar-refractivity contribution in [2.45, 2.75) is 0 Å². The Bertz CT molecular complexity index is 862. The predicted octanol–water partition coefficient (Wildman–Crippen LogP) is 4.35. The summed E-state index contributed by atoms with van der Waals surface area (Å²) in [7, 11) is 0. The van der Waals surface area contributed by atoms with Gasteiger partial charge in [0.1, 0.15) is 0 Å². The lowest BCUT2D eigenvalue weighted by Gasteiger charge is -1.99. The molecule has 2 heterocycles. The Morgan fingerprint density at radius 1 is 0.900 bits per heavy atom. The van der Waals surface area contributed by atoms with Crippen molar-refractivity contribution in [3.05, 3.63) is 60.0 Å². The van der Waals surface area contributed by atoms with E-state index in [-0.39, 0.29) is 0 Å². The maximum absolute atomic E-state index is 4.57. The number of hydrogen-bond acceptors (Lipinski definition) is 3. The number of H-pyrrole nitrogens is 1. The van der Waals surface area contributed by atoms with Gasteiger partial charge >= 0.3 is 0 Å². The van der Waals surface area contributed by atoms with E-state index in [2.05, 4.69) is 45.5 Å². The van der Waals surface area contributed by atoms with Crippen molar-refractivity contribution in [2.75, 3.05) is 0 Å². The molecule has 0 atom stereocenters. The molecular weight excluding hydrogens is 266 g/mol. The van der Waals surface area contributed by atoms with E-state index in [9.17, 15) is 0 Å². The minimum absolute atomic E-state index is 0.735. The normalized spacial score (nSPS) is 11.0. The fourth-order valence-corrected chi connectivity index (χ4v) is 2.91. The molecule has 3 nitrogen and oxygen atoms in total. The highest BCUT2D eigenvalue weighted by Gasteiger charge is 2.08. The van der Waals surface area contributed by atoms with E-state index < -0.39 is 0 Å². The van der Waals surface area contributed by atoms with Gasteiger partial charge in [-0.25, -0.2) is 4.98 Å². The van der Waals surface area contributed by atoms with Crippen LogP contribution in [0.5, 0.6) is 0 Å². The zero-order chi connectivity index (χ0) is 13.4. The van der Waals surface area contributed by atoms with Crippen LogP contribution < -0.4 is 0 Å². The molecule has 0 radical (unpaired) electrons. The summed E-state index contributed by atoms with van der Waals surface area (Å²) in [5, 5.41) is 11.8. The van der Waals surface area contributed by atoms with Gasteiger partial charge in [0.15, 0.2) is 11.6 Å². The van der Waals surface area contributed by atoms with Gasteiger partial charge in [0.2, 0.25) is 0 Å². The van der Waals surface area contributed by atoms with Crippen LogP contribution in [0.1, 0.15) is 0 Å². The molecule has 4 aromatic rings. The van der Waals surface area contributed by atoms with Crippen molar-refractivity contribution in [3.8, 4) is 22.1 Å². The Labute approximate surface area is 119 Å². The van der Waals surface area contributed by atoms with Gasteiger partial charge in [-0.05, 0) is 28.3 Å². The van der Waals surface area contributed by atoms with Gasteiger partial charge in [-0.1, -0.05) is 42.5 Å². The van der Waals surface area contributed by atoms with Gasteiger partial charge in [0, 0.05) is 5.56 Å². The number of nitrogens with one attached hydrogen (secondary N) is 1. The molecule has 20 heavy (non-hydrogen) atoms. The molecular formula is C16H11N3S. The molecule has 0 bridgehead atoms. The van der Waals surface area contributed by atoms with Gasteiger partial charge in [0.25, 0.3) is 0 Å². The number of fused-ring (bicyclic) bond motifs is 1. The third kappa shape index (κ3) is 1.90. The largest absolute Gasteiger partial charge is 0.258 e. The van der Waals surface area contributed by atoms with E-state index in [4.69, 9.17) is 0 Å². The first-order valence-corrected chi connectivity index (χ1v) is 7.23. The Hall–Kier alpha value is -2.46. The second-order valence-electron chi connectivity index (χ2n) is 4.55. The van der Waals surface area contributed by atoms with Crippen LogP contribution in [-0.4, -0.2) is 15.2 Å². The van der Waals surface area contributed by atoms with E-state index in [1.54, 1.807) is 11.3 Å². The van der Waals surface area contributed by atoms with E-state index in [0.717, 1.165) is 22.1 Å². The number of aromatic nitrogens is 3. The highest BCUT2D eigenvalue weighted by atomic mass is 32.1. The van der Waals surface area contributed by atoms with Gasteiger partial charge in [-0.3, -0.25) is 5.10 Å². The lowest BCUT2D eigenvalue weighted by Crippen LogP contribution is -1.81. The van der Waals surface area contributed by atoms with Crippen molar-refractivity contribution in [1.29, 1.82) is 0 Å².